The van der Waals surface area contributed by atoms with Crippen LogP contribution in [0.15, 0.2) is 48.6 Å². The number of unbranched alkanes of at least 4 members (excludes halogenated alkanes) is 16. The first-order chi connectivity index (χ1) is 32.5. The van der Waals surface area contributed by atoms with E-state index in [1.54, 1.807) is 0 Å². The Labute approximate surface area is 405 Å². The van der Waals surface area contributed by atoms with Crippen LogP contribution in [0.3, 0.4) is 0 Å². The lowest BCUT2D eigenvalue weighted by Gasteiger charge is -2.43. The molecule has 0 radical (unpaired) electrons. The van der Waals surface area contributed by atoms with E-state index in [-0.39, 0.29) is 26.1 Å². The normalized spacial score (nSPS) is 22.1. The van der Waals surface area contributed by atoms with Gasteiger partial charge in [-0.2, -0.15) is 0 Å². The predicted molar refractivity (Wildman–Crippen MR) is 258 cm³/mol. The number of carbonyl (C=O) groups excluding carboxylic acids is 2. The fourth-order valence-corrected chi connectivity index (χ4v) is 8.66. The second-order valence-electron chi connectivity index (χ2n) is 17.3. The zero-order valence-electron chi connectivity index (χ0n) is 40.6. The topological polar surface area (TPSA) is 285 Å². The van der Waals surface area contributed by atoms with Crippen molar-refractivity contribution in [3.8, 4) is 0 Å². The number of rotatable bonds is 42. The summed E-state index contributed by atoms with van der Waals surface area (Å²) in [7, 11) is -10.6. The molecule has 0 amide bonds. The third kappa shape index (κ3) is 33.5. The molecule has 1 aliphatic rings. The van der Waals surface area contributed by atoms with Crippen molar-refractivity contribution in [2.24, 2.45) is 0 Å². The van der Waals surface area contributed by atoms with Gasteiger partial charge in [-0.1, -0.05) is 127 Å². The molecule has 0 aromatic heterocycles. The van der Waals surface area contributed by atoms with Crippen molar-refractivity contribution >= 4 is 27.6 Å². The lowest BCUT2D eigenvalue weighted by atomic mass is 9.85. The maximum Gasteiger partial charge on any atom is 0.472 e. The number of esters is 2. The van der Waals surface area contributed by atoms with E-state index in [0.717, 1.165) is 70.6 Å². The highest BCUT2D eigenvalue weighted by Crippen LogP contribution is 2.48. The van der Waals surface area contributed by atoms with Crippen LogP contribution in [-0.2, 0) is 46.5 Å². The minimum atomic E-state index is -5.36. The highest BCUT2D eigenvalue weighted by Gasteiger charge is 2.54. The molecule has 0 spiro atoms. The molecule has 5 unspecified atom stereocenters. The van der Waals surface area contributed by atoms with Gasteiger partial charge in [0.1, 0.15) is 49.3 Å². The monoisotopic (exact) mass is 1010 g/mol. The Morgan fingerprint density at radius 2 is 0.956 bits per heavy atom. The van der Waals surface area contributed by atoms with E-state index in [2.05, 4.69) is 67.0 Å². The number of phosphoric acid groups is 2. The Morgan fingerprint density at radius 1 is 0.515 bits per heavy atom. The average Bonchev–Trinajstić information content (AvgIpc) is 3.29. The maximum atomic E-state index is 12.8. The van der Waals surface area contributed by atoms with Gasteiger partial charge in [-0.3, -0.25) is 23.2 Å². The number of ether oxygens (including phenoxy) is 3. The van der Waals surface area contributed by atoms with Gasteiger partial charge in [0.15, 0.2) is 6.10 Å². The summed E-state index contributed by atoms with van der Waals surface area (Å²) in [6.07, 6.45) is 24.7. The molecular weight excluding hydrogens is 926 g/mol. The summed E-state index contributed by atoms with van der Waals surface area (Å²) in [5, 5.41) is 51.2. The Kier molecular flexibility index (Phi) is 37.1. The number of carbonyl (C=O) groups is 2. The van der Waals surface area contributed by atoms with Crippen molar-refractivity contribution in [2.45, 2.75) is 217 Å². The first-order valence-electron chi connectivity index (χ1n) is 24.8. The molecule has 0 bridgehead atoms. The van der Waals surface area contributed by atoms with Gasteiger partial charge in [-0.25, -0.2) is 9.13 Å². The Balaban J connectivity index is 2.59. The third-order valence-corrected chi connectivity index (χ3v) is 12.5. The molecule has 1 saturated carbocycles. The molecule has 20 heteroatoms. The second-order valence-corrected chi connectivity index (χ2v) is 19.9. The van der Waals surface area contributed by atoms with Gasteiger partial charge in [-0.05, 0) is 77.0 Å². The number of hydrogen-bond acceptors (Lipinski definition) is 15. The molecule has 68 heavy (non-hydrogen) atoms. The quantitative estimate of drug-likeness (QED) is 0.0125. The Hall–Kier alpha value is -2.12. The van der Waals surface area contributed by atoms with Gasteiger partial charge in [0.2, 0.25) is 0 Å². The Morgan fingerprint density at radius 3 is 1.53 bits per heavy atom. The van der Waals surface area contributed by atoms with Gasteiger partial charge in [-0.15, -0.1) is 0 Å². The lowest BCUT2D eigenvalue weighted by Crippen LogP contribution is -2.64. The van der Waals surface area contributed by atoms with Crippen LogP contribution in [-0.4, -0.2) is 127 Å². The third-order valence-electron chi connectivity index (χ3n) is 11.0. The summed E-state index contributed by atoms with van der Waals surface area (Å²) in [6.45, 7) is 2.31. The summed E-state index contributed by atoms with van der Waals surface area (Å²) in [5.41, 5.74) is 0. The fraction of sp³-hybridized carbons (Fsp3) is 0.792. The molecular formula is C48H86O18P2. The molecule has 0 aliphatic heterocycles. The molecule has 18 nitrogen and oxygen atoms in total. The van der Waals surface area contributed by atoms with E-state index >= 15 is 0 Å². The van der Waals surface area contributed by atoms with E-state index in [1.807, 2.05) is 0 Å². The van der Waals surface area contributed by atoms with E-state index in [1.165, 1.54) is 57.8 Å². The molecule has 1 fully saturated rings. The van der Waals surface area contributed by atoms with Crippen LogP contribution in [0.2, 0.25) is 0 Å². The molecule has 8 N–H and O–H groups in total. The minimum Gasteiger partial charge on any atom is -0.462 e. The first-order valence-corrected chi connectivity index (χ1v) is 27.9. The van der Waals surface area contributed by atoms with Gasteiger partial charge in [0.05, 0.1) is 19.8 Å². The molecule has 1 rings (SSSR count). The average molecular weight is 1010 g/mol. The molecule has 9 atom stereocenters. The maximum absolute atomic E-state index is 12.8. The van der Waals surface area contributed by atoms with Crippen molar-refractivity contribution in [1.82, 2.24) is 0 Å². The van der Waals surface area contributed by atoms with Gasteiger partial charge >= 0.3 is 27.6 Å². The summed E-state index contributed by atoms with van der Waals surface area (Å²) >= 11 is 0. The van der Waals surface area contributed by atoms with Crippen LogP contribution in [0.5, 0.6) is 0 Å². The largest absolute Gasteiger partial charge is 0.472 e. The number of aliphatic hydroxyl groups excluding tert-OH is 5. The van der Waals surface area contributed by atoms with Crippen LogP contribution in [0.4, 0.5) is 0 Å². The van der Waals surface area contributed by atoms with E-state index in [9.17, 15) is 49.1 Å². The molecule has 396 valence electrons. The molecule has 0 aromatic rings. The van der Waals surface area contributed by atoms with Crippen molar-refractivity contribution in [1.29, 1.82) is 0 Å². The van der Waals surface area contributed by atoms with Crippen LogP contribution in [0.1, 0.15) is 168 Å². The van der Waals surface area contributed by atoms with E-state index in [4.69, 9.17) is 33.0 Å². The number of aliphatic hydroxyl groups is 5. The van der Waals surface area contributed by atoms with Crippen LogP contribution in [0.25, 0.3) is 0 Å². The number of allylic oxidation sites excluding steroid dienone is 8. The summed E-state index contributed by atoms with van der Waals surface area (Å²) < 4.78 is 54.2. The van der Waals surface area contributed by atoms with Gasteiger partial charge in [0, 0.05) is 12.8 Å². The van der Waals surface area contributed by atoms with Gasteiger partial charge < -0.3 is 54.4 Å². The zero-order valence-corrected chi connectivity index (χ0v) is 42.4. The summed E-state index contributed by atoms with van der Waals surface area (Å²) in [5.74, 6) is -1.00. The highest BCUT2D eigenvalue weighted by atomic mass is 31.2. The van der Waals surface area contributed by atoms with Crippen LogP contribution in [0, 0.1) is 0 Å². The molecule has 1 aliphatic carbocycles. The smallest absolute Gasteiger partial charge is 0.462 e. The van der Waals surface area contributed by atoms with Crippen LogP contribution < -0.4 is 0 Å². The molecule has 0 aromatic carbocycles. The van der Waals surface area contributed by atoms with Crippen LogP contribution >= 0.6 is 15.6 Å². The second kappa shape index (κ2) is 39.5. The van der Waals surface area contributed by atoms with Crippen molar-refractivity contribution < 1.29 is 86.7 Å². The highest BCUT2D eigenvalue weighted by molar-refractivity contribution is 7.47. The molecule has 0 saturated heterocycles. The van der Waals surface area contributed by atoms with Crippen molar-refractivity contribution in [3.63, 3.8) is 0 Å². The number of phosphoric ester groups is 2. The van der Waals surface area contributed by atoms with E-state index in [0.29, 0.717) is 12.8 Å². The molecule has 0 heterocycles. The predicted octanol–water partition coefficient (Wildman–Crippen LogP) is 7.88. The van der Waals surface area contributed by atoms with Gasteiger partial charge in [0.25, 0.3) is 0 Å². The minimum absolute atomic E-state index is 0.105. The SMILES string of the molecule is CCCCC/C=C\C/C=C\C/C=C\CCCCC(=O)O[C@@H](COC[C@@H](O)COP(=O)(O)O[C@H]1C(O)C(O)C(O)[C@@H](OP(=O)(O)O)C1O)COC(=O)CCCCCCCCC/C=C\CCCCCC. The lowest BCUT2D eigenvalue weighted by molar-refractivity contribution is -0.216. The van der Waals surface area contributed by atoms with Crippen molar-refractivity contribution in [3.05, 3.63) is 48.6 Å². The standard InChI is InChI=1S/C48H86O18P2/c1-3-5-7-9-11-13-15-17-19-21-23-25-27-29-31-33-41(50)62-38-40(64-42(51)34-32-30-28-26-24-22-20-18-16-14-12-10-8-6-4-2)37-61-35-39(49)36-63-68(59,60)66-48-45(54)43(52)44(53)47(46(48)55)65-67(56,57)58/h12-15,18,20,24,26,39-40,43-49,52-55H,3-11,16-17,19,21-23,25,27-38H2,1-2H3,(H,59,60)(H2,56,57,58)/b14-12-,15-13-,20-18-,26-24-/t39-,40+,43?,44?,45?,46?,47-,48+/m1/s1. The summed E-state index contributed by atoms with van der Waals surface area (Å²) in [6, 6.07) is 0. The Bertz CT molecular complexity index is 1520. The zero-order chi connectivity index (χ0) is 50.5. The van der Waals surface area contributed by atoms with E-state index < -0.39 is 89.6 Å². The van der Waals surface area contributed by atoms with Crippen molar-refractivity contribution in [2.75, 3.05) is 26.4 Å². The number of hydrogen-bond donors (Lipinski definition) is 8. The first kappa shape index (κ1) is 63.9. The fourth-order valence-electron chi connectivity index (χ4n) is 7.12. The summed E-state index contributed by atoms with van der Waals surface area (Å²) in [4.78, 5) is 53.8.